The van der Waals surface area contributed by atoms with Crippen molar-refractivity contribution in [2.75, 3.05) is 0 Å². The fraction of sp³-hybridized carbons (Fsp3) is 0.351. The molecule has 3 nitrogen and oxygen atoms in total. The third kappa shape index (κ3) is 7.62. The molecule has 0 saturated heterocycles. The van der Waals surface area contributed by atoms with Crippen LogP contribution >= 0.6 is 0 Å². The number of carbonyl (C=O) groups is 1. The van der Waals surface area contributed by atoms with Gasteiger partial charge in [-0.2, -0.15) is 0 Å². The van der Waals surface area contributed by atoms with Crippen molar-refractivity contribution < 1.29 is 30.0 Å². The Morgan fingerprint density at radius 1 is 0.905 bits per heavy atom. The van der Waals surface area contributed by atoms with Crippen LogP contribution in [0.25, 0.3) is 39.6 Å². The summed E-state index contributed by atoms with van der Waals surface area (Å²) in [7, 11) is 0. The minimum absolute atomic E-state index is 0. The molecule has 0 aliphatic rings. The van der Waals surface area contributed by atoms with Crippen molar-refractivity contribution in [3.63, 3.8) is 0 Å². The normalized spacial score (nSPS) is 11.8. The van der Waals surface area contributed by atoms with E-state index in [0.29, 0.717) is 5.92 Å². The van der Waals surface area contributed by atoms with E-state index in [1.165, 1.54) is 45.6 Å². The summed E-state index contributed by atoms with van der Waals surface area (Å²) in [4.78, 5) is 16.5. The Kier molecular flexibility index (Phi) is 13.0. The number of fused-ring (bicyclic) bond motifs is 4. The molecule has 1 N–H and O–H groups in total. The van der Waals surface area contributed by atoms with Gasteiger partial charge in [-0.15, -0.1) is 0 Å². The van der Waals surface area contributed by atoms with Gasteiger partial charge < -0.3 is 5.11 Å². The second-order valence-electron chi connectivity index (χ2n) is 11.0. The number of rotatable bonds is 9. The van der Waals surface area contributed by atoms with Crippen molar-refractivity contribution in [1.82, 2.24) is 4.98 Å². The summed E-state index contributed by atoms with van der Waals surface area (Å²) in [6.07, 6.45) is 6.85. The quantitative estimate of drug-likeness (QED) is 0.0696. The predicted octanol–water partition coefficient (Wildman–Crippen LogP) is 10.1. The number of aliphatic hydroxyl groups excluding tert-OH is 1. The molecule has 0 amide bonds. The van der Waals surface area contributed by atoms with E-state index in [9.17, 15) is 9.90 Å². The van der Waals surface area contributed by atoms with E-state index in [2.05, 4.69) is 80.6 Å². The number of ketones is 1. The summed E-state index contributed by atoms with van der Waals surface area (Å²) < 4.78 is 3.00. The Morgan fingerprint density at radius 3 is 2.26 bits per heavy atom. The van der Waals surface area contributed by atoms with Gasteiger partial charge in [0.1, 0.15) is 0 Å². The molecular formula is C37H42IrNO2Te-. The van der Waals surface area contributed by atoms with Gasteiger partial charge in [0.05, 0.1) is 5.76 Å². The maximum absolute atomic E-state index is 11.7. The van der Waals surface area contributed by atoms with E-state index in [0.717, 1.165) is 31.4 Å². The Hall–Kier alpha value is -2.28. The minimum atomic E-state index is -0.398. The van der Waals surface area contributed by atoms with E-state index in [1.807, 2.05) is 33.9 Å². The smallest absolute Gasteiger partial charge is 0.162 e. The van der Waals surface area contributed by atoms with Gasteiger partial charge in [0.25, 0.3) is 0 Å². The molecule has 1 radical (unpaired) electrons. The average molecular weight is 853 g/mol. The third-order valence-corrected chi connectivity index (χ3v) is 11.5. The molecule has 3 aromatic carbocycles. The third-order valence-electron chi connectivity index (χ3n) is 8.11. The Morgan fingerprint density at radius 2 is 1.60 bits per heavy atom. The number of benzene rings is 3. The standard InChI is InChI=1S/C24H18NTe.C13H24O2.Ir/c1-15(2)16-10-11-18-17(14-16)12-13-25-23(18)21-8-5-7-20-19-6-3-4-9-22(19)26-24(20)21;1-5-10(6-2)12(14)9-13(15)11(7-3)8-4;/h3-7,9-15H,1-2H3;9-11,14H,5-8H2,1-4H3;/q-1;;/b;12-9-;. The van der Waals surface area contributed by atoms with Crippen LogP contribution in [0, 0.1) is 17.9 Å². The van der Waals surface area contributed by atoms with Crippen molar-refractivity contribution in [3.05, 3.63) is 90.3 Å². The van der Waals surface area contributed by atoms with Gasteiger partial charge in [-0.05, 0) is 25.7 Å². The molecule has 5 heteroatoms. The summed E-state index contributed by atoms with van der Waals surface area (Å²) >= 11 is -0.398. The molecule has 42 heavy (non-hydrogen) atoms. The number of allylic oxidation sites excluding steroid dienone is 2. The number of pyridine rings is 1. The zero-order valence-corrected chi connectivity index (χ0v) is 30.3. The molecule has 5 aromatic rings. The Balaban J connectivity index is 0.000000263. The summed E-state index contributed by atoms with van der Waals surface area (Å²) in [5.74, 6) is 1.08. The molecule has 0 aliphatic carbocycles. The van der Waals surface area contributed by atoms with Crippen LogP contribution in [0.1, 0.15) is 78.7 Å². The van der Waals surface area contributed by atoms with E-state index in [1.54, 1.807) is 0 Å². The molecule has 0 atom stereocenters. The number of aliphatic hydroxyl groups is 1. The first kappa shape index (κ1) is 34.2. The maximum atomic E-state index is 11.7. The van der Waals surface area contributed by atoms with Crippen molar-refractivity contribution in [3.8, 4) is 11.3 Å². The number of hydrogen-bond donors (Lipinski definition) is 1. The second-order valence-corrected chi connectivity index (χ2v) is 14.0. The van der Waals surface area contributed by atoms with Crippen LogP contribution in [0.15, 0.2) is 78.7 Å². The van der Waals surface area contributed by atoms with Crippen LogP contribution in [0.3, 0.4) is 0 Å². The summed E-state index contributed by atoms with van der Waals surface area (Å²) in [6, 6.07) is 25.5. The van der Waals surface area contributed by atoms with Gasteiger partial charge in [0.2, 0.25) is 0 Å². The first-order valence-electron chi connectivity index (χ1n) is 15.0. The van der Waals surface area contributed by atoms with Gasteiger partial charge in [-0.25, -0.2) is 0 Å². The molecule has 2 heterocycles. The van der Waals surface area contributed by atoms with Crippen molar-refractivity contribution in [1.29, 1.82) is 0 Å². The zero-order chi connectivity index (χ0) is 29.5. The molecular weight excluding hydrogens is 810 g/mol. The number of nitrogens with zero attached hydrogens (tertiary/aromatic N) is 1. The van der Waals surface area contributed by atoms with Crippen LogP contribution < -0.4 is 0 Å². The second kappa shape index (κ2) is 16.0. The van der Waals surface area contributed by atoms with E-state index in [-0.39, 0.29) is 43.5 Å². The van der Waals surface area contributed by atoms with Crippen LogP contribution in [0.5, 0.6) is 0 Å². The average Bonchev–Trinajstić information content (AvgIpc) is 3.37. The van der Waals surface area contributed by atoms with Gasteiger partial charge >= 0.3 is 163 Å². The molecule has 223 valence electrons. The molecule has 0 bridgehead atoms. The first-order chi connectivity index (χ1) is 19.8. The largest absolute Gasteiger partial charge is 0.512 e. The van der Waals surface area contributed by atoms with Crippen molar-refractivity contribution in [2.24, 2.45) is 11.8 Å². The molecule has 0 aliphatic heterocycles. The number of aromatic nitrogens is 1. The SMILES string of the molecule is CC(C)c1ccc2c(-c3[c-]ccc4c3[te]c3ccccc34)nccc2c1.CCC(CC)C(=O)/C=C(\O)C(CC)CC.[Ir]. The Labute approximate surface area is 274 Å². The molecule has 0 unspecified atom stereocenters. The fourth-order valence-electron chi connectivity index (χ4n) is 5.40. The van der Waals surface area contributed by atoms with Gasteiger partial charge in [0, 0.05) is 38.0 Å². The first-order valence-corrected chi connectivity index (χ1v) is 17.3. The summed E-state index contributed by atoms with van der Waals surface area (Å²) in [5, 5.41) is 15.0. The van der Waals surface area contributed by atoms with Gasteiger partial charge in [0.15, 0.2) is 5.78 Å². The molecule has 0 saturated carbocycles. The van der Waals surface area contributed by atoms with E-state index < -0.39 is 20.4 Å². The van der Waals surface area contributed by atoms with Crippen LogP contribution in [-0.4, -0.2) is 36.3 Å². The Bertz CT molecular complexity index is 1660. The predicted molar refractivity (Wildman–Crippen MR) is 176 cm³/mol. The monoisotopic (exact) mass is 855 g/mol. The summed E-state index contributed by atoms with van der Waals surface area (Å²) in [6.45, 7) is 12.6. The van der Waals surface area contributed by atoms with Gasteiger partial charge in [-0.1, -0.05) is 27.7 Å². The van der Waals surface area contributed by atoms with Gasteiger partial charge in [-0.3, -0.25) is 4.79 Å². The fourth-order valence-corrected chi connectivity index (χ4v) is 8.83. The van der Waals surface area contributed by atoms with Crippen LogP contribution in [-0.2, 0) is 24.9 Å². The molecule has 2 aromatic heterocycles. The van der Waals surface area contributed by atoms with Crippen LogP contribution in [0.2, 0.25) is 0 Å². The summed E-state index contributed by atoms with van der Waals surface area (Å²) in [5.41, 5.74) is 3.65. The van der Waals surface area contributed by atoms with Crippen molar-refractivity contribution >= 4 is 54.6 Å². The minimum Gasteiger partial charge on any atom is -0.512 e. The molecule has 0 fully saturated rings. The maximum Gasteiger partial charge on any atom is 0.162 e. The van der Waals surface area contributed by atoms with E-state index >= 15 is 0 Å². The topological polar surface area (TPSA) is 50.2 Å². The van der Waals surface area contributed by atoms with E-state index in [4.69, 9.17) is 4.98 Å². The van der Waals surface area contributed by atoms with Crippen molar-refractivity contribution in [2.45, 2.75) is 73.1 Å². The molecule has 0 spiro atoms. The molecule has 5 rings (SSSR count). The van der Waals surface area contributed by atoms with Crippen LogP contribution in [0.4, 0.5) is 0 Å². The number of carbonyl (C=O) groups excluding carboxylic acids is 1. The number of hydrogen-bond acceptors (Lipinski definition) is 3. The zero-order valence-electron chi connectivity index (χ0n) is 25.5.